The lowest BCUT2D eigenvalue weighted by molar-refractivity contribution is 0.0934. The van der Waals surface area contributed by atoms with Crippen LogP contribution in [0.4, 0.5) is 0 Å². The Morgan fingerprint density at radius 1 is 0.919 bits per heavy atom. The molecule has 0 bridgehead atoms. The van der Waals surface area contributed by atoms with Crippen molar-refractivity contribution in [2.24, 2.45) is 0 Å². The van der Waals surface area contributed by atoms with Crippen molar-refractivity contribution in [1.82, 2.24) is 14.8 Å². The van der Waals surface area contributed by atoms with E-state index in [0.717, 1.165) is 36.2 Å². The number of para-hydroxylation sites is 1. The standard InChI is InChI=1S/C32H35N3O2/c1-3-28(23-14-6-4-7-15-23)33-31(36)30-26-20-12-13-21-27(26)32(37)35(25-18-8-5-9-19-25)29(30)22-34(2)24-16-10-11-17-24/h4-9,12-15,18-21,24,28H,3,10-11,16-17,22H2,1-2H3,(H,33,36)/t28-/m0/s1. The molecular formula is C32H35N3O2. The van der Waals surface area contributed by atoms with Gasteiger partial charge < -0.3 is 5.32 Å². The van der Waals surface area contributed by atoms with Crippen LogP contribution in [0.5, 0.6) is 0 Å². The average molecular weight is 494 g/mol. The Labute approximate surface area is 218 Å². The fourth-order valence-electron chi connectivity index (χ4n) is 5.70. The normalized spacial score (nSPS) is 14.8. The molecule has 1 amide bonds. The monoisotopic (exact) mass is 493 g/mol. The van der Waals surface area contributed by atoms with Gasteiger partial charge in [-0.25, -0.2) is 0 Å². The fourth-order valence-corrected chi connectivity index (χ4v) is 5.70. The summed E-state index contributed by atoms with van der Waals surface area (Å²) in [6, 6.07) is 27.6. The van der Waals surface area contributed by atoms with E-state index in [1.54, 1.807) is 4.57 Å². The van der Waals surface area contributed by atoms with Crippen LogP contribution in [0, 0.1) is 0 Å². The van der Waals surface area contributed by atoms with Crippen LogP contribution < -0.4 is 10.9 Å². The summed E-state index contributed by atoms with van der Waals surface area (Å²) in [7, 11) is 2.12. The van der Waals surface area contributed by atoms with E-state index in [0.29, 0.717) is 28.9 Å². The number of hydrogen-bond acceptors (Lipinski definition) is 3. The minimum atomic E-state index is -0.147. The second-order valence-electron chi connectivity index (χ2n) is 10.0. The van der Waals surface area contributed by atoms with E-state index in [1.165, 1.54) is 12.8 Å². The van der Waals surface area contributed by atoms with Crippen molar-refractivity contribution in [1.29, 1.82) is 0 Å². The van der Waals surface area contributed by atoms with Crippen molar-refractivity contribution < 1.29 is 4.79 Å². The minimum Gasteiger partial charge on any atom is -0.345 e. The highest BCUT2D eigenvalue weighted by Crippen LogP contribution is 2.28. The molecule has 3 aromatic carbocycles. The summed E-state index contributed by atoms with van der Waals surface area (Å²) in [4.78, 5) is 30.4. The number of fused-ring (bicyclic) bond motifs is 1. The molecule has 5 rings (SSSR count). The molecule has 1 aliphatic rings. The maximum Gasteiger partial charge on any atom is 0.263 e. The summed E-state index contributed by atoms with van der Waals surface area (Å²) in [6.07, 6.45) is 5.51. The van der Waals surface area contributed by atoms with Gasteiger partial charge in [0, 0.05) is 29.0 Å². The lowest BCUT2D eigenvalue weighted by Crippen LogP contribution is -2.36. The van der Waals surface area contributed by atoms with Crippen molar-refractivity contribution in [3.8, 4) is 5.69 Å². The van der Waals surface area contributed by atoms with Gasteiger partial charge in [0.2, 0.25) is 0 Å². The number of rotatable bonds is 8. The predicted octanol–water partition coefficient (Wildman–Crippen LogP) is 6.25. The van der Waals surface area contributed by atoms with Gasteiger partial charge in [0.15, 0.2) is 0 Å². The second-order valence-corrected chi connectivity index (χ2v) is 10.0. The smallest absolute Gasteiger partial charge is 0.263 e. The topological polar surface area (TPSA) is 54.3 Å². The Morgan fingerprint density at radius 3 is 2.16 bits per heavy atom. The molecule has 1 aliphatic carbocycles. The first kappa shape index (κ1) is 25.0. The van der Waals surface area contributed by atoms with E-state index in [2.05, 4.69) is 24.2 Å². The largest absolute Gasteiger partial charge is 0.345 e. The molecule has 0 unspecified atom stereocenters. The SMILES string of the molecule is CC[C@H](NC(=O)c1c(CN(C)C2CCCC2)n(-c2ccccc2)c(=O)c2ccccc12)c1ccccc1. The maximum absolute atomic E-state index is 14.2. The van der Waals surface area contributed by atoms with Crippen molar-refractivity contribution in [2.75, 3.05) is 7.05 Å². The number of benzene rings is 3. The Morgan fingerprint density at radius 2 is 1.51 bits per heavy atom. The Kier molecular flexibility index (Phi) is 7.52. The van der Waals surface area contributed by atoms with Crippen LogP contribution >= 0.6 is 0 Å². The third-order valence-corrected chi connectivity index (χ3v) is 7.69. The summed E-state index contributed by atoms with van der Waals surface area (Å²) in [5.74, 6) is -0.147. The second kappa shape index (κ2) is 11.1. The maximum atomic E-state index is 14.2. The lowest BCUT2D eigenvalue weighted by Gasteiger charge is -2.28. The molecule has 1 heterocycles. The highest BCUT2D eigenvalue weighted by atomic mass is 16.2. The minimum absolute atomic E-state index is 0.0942. The van der Waals surface area contributed by atoms with E-state index in [4.69, 9.17) is 0 Å². The third-order valence-electron chi connectivity index (χ3n) is 7.69. The van der Waals surface area contributed by atoms with Gasteiger partial charge in [0.25, 0.3) is 11.5 Å². The highest BCUT2D eigenvalue weighted by Gasteiger charge is 2.27. The highest BCUT2D eigenvalue weighted by molar-refractivity contribution is 6.08. The number of nitrogens with zero attached hydrogens (tertiary/aromatic N) is 2. The molecule has 1 atom stereocenters. The number of carbonyl (C=O) groups excluding carboxylic acids is 1. The molecule has 0 spiro atoms. The van der Waals surface area contributed by atoms with Crippen molar-refractivity contribution in [3.05, 3.63) is 112 Å². The Hall–Kier alpha value is -3.70. The van der Waals surface area contributed by atoms with Crippen molar-refractivity contribution in [2.45, 2.75) is 57.7 Å². The zero-order valence-corrected chi connectivity index (χ0v) is 21.7. The molecular weight excluding hydrogens is 458 g/mol. The molecule has 1 fully saturated rings. The number of amides is 1. The van der Waals surface area contributed by atoms with Gasteiger partial charge in [0.1, 0.15) is 0 Å². The molecule has 1 aromatic heterocycles. The lowest BCUT2D eigenvalue weighted by atomic mass is 9.99. The summed E-state index contributed by atoms with van der Waals surface area (Å²) >= 11 is 0. The van der Waals surface area contributed by atoms with Gasteiger partial charge in [-0.2, -0.15) is 0 Å². The van der Waals surface area contributed by atoms with E-state index < -0.39 is 0 Å². The van der Waals surface area contributed by atoms with Gasteiger partial charge in [-0.05, 0) is 50.1 Å². The van der Waals surface area contributed by atoms with Crippen LogP contribution in [0.2, 0.25) is 0 Å². The van der Waals surface area contributed by atoms with Gasteiger partial charge in [-0.1, -0.05) is 86.5 Å². The Balaban J connectivity index is 1.70. The molecule has 5 nitrogen and oxygen atoms in total. The van der Waals surface area contributed by atoms with Gasteiger partial charge in [-0.3, -0.25) is 19.1 Å². The number of nitrogens with one attached hydrogen (secondary N) is 1. The average Bonchev–Trinajstić information content (AvgIpc) is 3.48. The quantitative estimate of drug-likeness (QED) is 0.316. The van der Waals surface area contributed by atoms with Crippen molar-refractivity contribution in [3.63, 3.8) is 0 Å². The van der Waals surface area contributed by atoms with E-state index in [1.807, 2.05) is 84.9 Å². The third kappa shape index (κ3) is 5.09. The summed E-state index contributed by atoms with van der Waals surface area (Å²) in [6.45, 7) is 2.60. The van der Waals surface area contributed by atoms with Crippen LogP contribution in [0.15, 0.2) is 89.7 Å². The van der Waals surface area contributed by atoms with E-state index in [-0.39, 0.29) is 17.5 Å². The summed E-state index contributed by atoms with van der Waals surface area (Å²) in [5.41, 5.74) is 3.08. The first-order valence-electron chi connectivity index (χ1n) is 13.4. The van der Waals surface area contributed by atoms with Gasteiger partial charge >= 0.3 is 0 Å². The Bertz CT molecular complexity index is 1420. The number of hydrogen-bond donors (Lipinski definition) is 1. The molecule has 0 radical (unpaired) electrons. The van der Waals surface area contributed by atoms with Crippen molar-refractivity contribution >= 4 is 16.7 Å². The van der Waals surface area contributed by atoms with E-state index >= 15 is 0 Å². The molecule has 1 saturated carbocycles. The summed E-state index contributed by atoms with van der Waals surface area (Å²) < 4.78 is 1.76. The first-order valence-corrected chi connectivity index (χ1v) is 13.4. The predicted molar refractivity (Wildman–Crippen MR) is 150 cm³/mol. The van der Waals surface area contributed by atoms with Gasteiger partial charge in [-0.15, -0.1) is 0 Å². The molecule has 0 saturated heterocycles. The van der Waals surface area contributed by atoms with Crippen LogP contribution in [-0.4, -0.2) is 28.5 Å². The molecule has 4 aromatic rings. The van der Waals surface area contributed by atoms with Crippen LogP contribution in [-0.2, 0) is 6.54 Å². The van der Waals surface area contributed by atoms with Gasteiger partial charge in [0.05, 0.1) is 17.3 Å². The van der Waals surface area contributed by atoms with Crippen LogP contribution in [0.25, 0.3) is 16.5 Å². The molecule has 0 aliphatic heterocycles. The number of pyridine rings is 1. The zero-order valence-electron chi connectivity index (χ0n) is 21.7. The first-order chi connectivity index (χ1) is 18.1. The number of carbonyl (C=O) groups is 1. The van der Waals surface area contributed by atoms with E-state index in [9.17, 15) is 9.59 Å². The zero-order chi connectivity index (χ0) is 25.8. The molecule has 190 valence electrons. The molecule has 5 heteroatoms. The van der Waals surface area contributed by atoms with Crippen LogP contribution in [0.3, 0.4) is 0 Å². The number of aromatic nitrogens is 1. The molecule has 1 N–H and O–H groups in total. The molecule has 37 heavy (non-hydrogen) atoms. The van der Waals surface area contributed by atoms with Crippen LogP contribution in [0.1, 0.15) is 66.7 Å². The summed E-state index contributed by atoms with van der Waals surface area (Å²) in [5, 5.41) is 4.56. The fraction of sp³-hybridized carbons (Fsp3) is 0.312.